The molecular formula is C16H23ClFN3O2S. The van der Waals surface area contributed by atoms with E-state index >= 15 is 0 Å². The third-order valence-electron chi connectivity index (χ3n) is 5.38. The van der Waals surface area contributed by atoms with Crippen molar-refractivity contribution in [2.45, 2.75) is 31.3 Å². The molecule has 0 amide bonds. The van der Waals surface area contributed by atoms with Crippen molar-refractivity contribution in [3.8, 4) is 0 Å². The zero-order valence-corrected chi connectivity index (χ0v) is 15.0. The van der Waals surface area contributed by atoms with Crippen LogP contribution in [0.2, 0.25) is 0 Å². The summed E-state index contributed by atoms with van der Waals surface area (Å²) in [6.45, 7) is 2.22. The Balaban J connectivity index is 0.00000169. The molecule has 5 nitrogen and oxygen atoms in total. The van der Waals surface area contributed by atoms with E-state index in [1.165, 1.54) is 12.1 Å². The summed E-state index contributed by atoms with van der Waals surface area (Å²) in [5.41, 5.74) is 0.713. The minimum absolute atomic E-state index is 0. The molecule has 2 aliphatic heterocycles. The second-order valence-electron chi connectivity index (χ2n) is 6.80. The Bertz CT molecular complexity index is 702. The molecule has 8 heteroatoms. The summed E-state index contributed by atoms with van der Waals surface area (Å²) in [5.74, 6) is 0.191. The third-order valence-corrected chi connectivity index (χ3v) is 7.45. The first-order valence-corrected chi connectivity index (χ1v) is 9.70. The van der Waals surface area contributed by atoms with Gasteiger partial charge in [-0.15, -0.1) is 12.4 Å². The fraction of sp³-hybridized carbons (Fsp3) is 0.625. The van der Waals surface area contributed by atoms with E-state index in [1.54, 1.807) is 20.7 Å². The lowest BCUT2D eigenvalue weighted by Crippen LogP contribution is -2.54. The lowest BCUT2D eigenvalue weighted by Gasteiger charge is -2.39. The molecule has 1 aromatic rings. The average molecular weight is 376 g/mol. The summed E-state index contributed by atoms with van der Waals surface area (Å²) in [7, 11) is -3.50. The molecule has 1 N–H and O–H groups in total. The number of nitrogens with one attached hydrogen (secondary N) is 1. The molecule has 1 aliphatic carbocycles. The number of hydrogen-bond donors (Lipinski definition) is 1. The molecule has 3 atom stereocenters. The quantitative estimate of drug-likeness (QED) is 0.878. The van der Waals surface area contributed by atoms with Crippen molar-refractivity contribution in [1.82, 2.24) is 13.9 Å². The van der Waals surface area contributed by atoms with E-state index in [2.05, 4.69) is 5.32 Å². The highest BCUT2D eigenvalue weighted by molar-refractivity contribution is 7.86. The Kier molecular flexibility index (Phi) is 5.18. The molecule has 134 valence electrons. The van der Waals surface area contributed by atoms with Crippen molar-refractivity contribution in [2.24, 2.45) is 5.92 Å². The smallest absolute Gasteiger partial charge is 0.282 e. The molecule has 3 unspecified atom stereocenters. The van der Waals surface area contributed by atoms with Crippen LogP contribution in [0.25, 0.3) is 0 Å². The Hall–Kier alpha value is -0.730. The standard InChI is InChI=1S/C16H22FN3O2S.ClH/c17-14-3-1-2-13(9-14)16-10-18-6-7-19(16)23(21,22)20-11-12-4-5-15(20)8-12;/h1-3,9,12,15-16,18H,4-8,10-11H2;1H. The maximum atomic E-state index is 13.6. The molecule has 2 saturated heterocycles. The Morgan fingerprint density at radius 3 is 2.71 bits per heavy atom. The number of hydrogen-bond acceptors (Lipinski definition) is 3. The summed E-state index contributed by atoms with van der Waals surface area (Å²) >= 11 is 0. The molecule has 2 bridgehead atoms. The monoisotopic (exact) mass is 375 g/mol. The summed E-state index contributed by atoms with van der Waals surface area (Å²) in [4.78, 5) is 0. The Morgan fingerprint density at radius 1 is 1.21 bits per heavy atom. The number of fused-ring (bicyclic) bond motifs is 2. The van der Waals surface area contributed by atoms with Gasteiger partial charge < -0.3 is 5.32 Å². The number of nitrogens with zero attached hydrogens (tertiary/aromatic N) is 2. The molecular weight excluding hydrogens is 353 g/mol. The van der Waals surface area contributed by atoms with Gasteiger partial charge in [-0.3, -0.25) is 0 Å². The largest absolute Gasteiger partial charge is 0.313 e. The summed E-state index contributed by atoms with van der Waals surface area (Å²) in [5, 5.41) is 3.23. The van der Waals surface area contributed by atoms with E-state index < -0.39 is 10.2 Å². The summed E-state index contributed by atoms with van der Waals surface area (Å²) < 4.78 is 43.2. The van der Waals surface area contributed by atoms with Crippen LogP contribution in [0, 0.1) is 11.7 Å². The predicted molar refractivity (Wildman–Crippen MR) is 92.7 cm³/mol. The van der Waals surface area contributed by atoms with Crippen LogP contribution in [0.15, 0.2) is 24.3 Å². The number of piperidine rings is 1. The van der Waals surface area contributed by atoms with Crippen LogP contribution in [-0.2, 0) is 10.2 Å². The second kappa shape index (κ2) is 6.88. The van der Waals surface area contributed by atoms with E-state index in [0.717, 1.165) is 19.3 Å². The van der Waals surface area contributed by atoms with Gasteiger partial charge in [0.25, 0.3) is 10.2 Å². The molecule has 24 heavy (non-hydrogen) atoms. The fourth-order valence-corrected chi connectivity index (χ4v) is 6.33. The van der Waals surface area contributed by atoms with E-state index in [4.69, 9.17) is 0 Å². The van der Waals surface area contributed by atoms with Crippen LogP contribution in [0.5, 0.6) is 0 Å². The van der Waals surface area contributed by atoms with E-state index in [9.17, 15) is 12.8 Å². The highest BCUT2D eigenvalue weighted by atomic mass is 35.5. The molecule has 0 spiro atoms. The number of rotatable bonds is 3. The normalized spacial score (nSPS) is 31.1. The molecule has 1 aromatic carbocycles. The van der Waals surface area contributed by atoms with Crippen LogP contribution in [0.4, 0.5) is 4.39 Å². The maximum absolute atomic E-state index is 13.6. The van der Waals surface area contributed by atoms with Crippen LogP contribution in [0.1, 0.15) is 30.9 Å². The van der Waals surface area contributed by atoms with Gasteiger partial charge in [-0.25, -0.2) is 4.39 Å². The van der Waals surface area contributed by atoms with Gasteiger partial charge in [0.15, 0.2) is 0 Å². The SMILES string of the molecule is Cl.O=S(=O)(N1CC2CCC1C2)N1CCNCC1c1cccc(F)c1. The van der Waals surface area contributed by atoms with Crippen molar-refractivity contribution in [3.05, 3.63) is 35.6 Å². The summed E-state index contributed by atoms with van der Waals surface area (Å²) in [6, 6.07) is 6.09. The maximum Gasteiger partial charge on any atom is 0.282 e. The summed E-state index contributed by atoms with van der Waals surface area (Å²) in [6.07, 6.45) is 3.11. The lowest BCUT2D eigenvalue weighted by atomic mass is 10.1. The van der Waals surface area contributed by atoms with Gasteiger partial charge in [0.05, 0.1) is 6.04 Å². The van der Waals surface area contributed by atoms with Gasteiger partial charge in [0.2, 0.25) is 0 Å². The highest BCUT2D eigenvalue weighted by Gasteiger charge is 2.47. The van der Waals surface area contributed by atoms with Crippen molar-refractivity contribution < 1.29 is 12.8 Å². The first-order chi connectivity index (χ1) is 11.1. The van der Waals surface area contributed by atoms with Gasteiger partial charge in [-0.05, 0) is 42.9 Å². The topological polar surface area (TPSA) is 52.7 Å². The van der Waals surface area contributed by atoms with E-state index in [-0.39, 0.29) is 30.3 Å². The van der Waals surface area contributed by atoms with Crippen molar-refractivity contribution in [3.63, 3.8) is 0 Å². The molecule has 0 aromatic heterocycles. The van der Waals surface area contributed by atoms with Crippen LogP contribution < -0.4 is 5.32 Å². The number of benzene rings is 1. The number of piperazine rings is 1. The molecule has 1 saturated carbocycles. The van der Waals surface area contributed by atoms with Crippen molar-refractivity contribution in [1.29, 1.82) is 0 Å². The zero-order valence-electron chi connectivity index (χ0n) is 13.4. The van der Waals surface area contributed by atoms with Gasteiger partial charge in [0.1, 0.15) is 5.82 Å². The predicted octanol–water partition coefficient (Wildman–Crippen LogP) is 1.92. The van der Waals surface area contributed by atoms with Gasteiger partial charge in [0, 0.05) is 32.2 Å². The van der Waals surface area contributed by atoms with Gasteiger partial charge >= 0.3 is 0 Å². The Labute approximate surface area is 148 Å². The number of halogens is 2. The van der Waals surface area contributed by atoms with Crippen LogP contribution >= 0.6 is 12.4 Å². The molecule has 4 rings (SSSR count). The minimum atomic E-state index is -3.50. The molecule has 0 radical (unpaired) electrons. The first-order valence-electron chi connectivity index (χ1n) is 8.30. The Morgan fingerprint density at radius 2 is 2.04 bits per heavy atom. The van der Waals surface area contributed by atoms with Crippen molar-refractivity contribution >= 4 is 22.6 Å². The third kappa shape index (κ3) is 3.08. The first kappa shape index (κ1) is 18.1. The minimum Gasteiger partial charge on any atom is -0.313 e. The fourth-order valence-electron chi connectivity index (χ4n) is 4.26. The second-order valence-corrected chi connectivity index (χ2v) is 8.63. The van der Waals surface area contributed by atoms with E-state index in [0.29, 0.717) is 37.7 Å². The zero-order chi connectivity index (χ0) is 16.0. The molecule has 2 heterocycles. The lowest BCUT2D eigenvalue weighted by molar-refractivity contribution is 0.232. The highest BCUT2D eigenvalue weighted by Crippen LogP contribution is 2.41. The average Bonchev–Trinajstić information content (AvgIpc) is 3.18. The van der Waals surface area contributed by atoms with Gasteiger partial charge in [-0.2, -0.15) is 17.0 Å². The van der Waals surface area contributed by atoms with Crippen molar-refractivity contribution in [2.75, 3.05) is 26.2 Å². The molecule has 3 aliphatic rings. The van der Waals surface area contributed by atoms with Gasteiger partial charge in [-0.1, -0.05) is 12.1 Å². The van der Waals surface area contributed by atoms with E-state index in [1.807, 2.05) is 0 Å². The van der Waals surface area contributed by atoms with Crippen LogP contribution in [-0.4, -0.2) is 49.2 Å². The molecule has 3 fully saturated rings. The van der Waals surface area contributed by atoms with Crippen LogP contribution in [0.3, 0.4) is 0 Å².